The van der Waals surface area contributed by atoms with Gasteiger partial charge in [-0.1, -0.05) is 36.4 Å². The number of phenolic OH excluding ortho intramolecular Hbond substituents is 1. The number of nitrogens with zero attached hydrogens (tertiary/aromatic N) is 2. The summed E-state index contributed by atoms with van der Waals surface area (Å²) in [4.78, 5) is 16.8. The highest BCUT2D eigenvalue weighted by Crippen LogP contribution is 2.39. The maximum Gasteiger partial charge on any atom is 0.219 e. The summed E-state index contributed by atoms with van der Waals surface area (Å²) >= 11 is 0. The number of benzene rings is 2. The number of piperidine rings is 1. The lowest BCUT2D eigenvalue weighted by Gasteiger charge is -2.43. The van der Waals surface area contributed by atoms with Gasteiger partial charge in [0.25, 0.3) is 0 Å². The van der Waals surface area contributed by atoms with Crippen LogP contribution < -0.4 is 0 Å². The van der Waals surface area contributed by atoms with E-state index >= 15 is 0 Å². The zero-order valence-electron chi connectivity index (χ0n) is 16.0. The number of carbonyl (C=O) groups excluding carboxylic acids is 1. The Balaban J connectivity index is 1.48. The zero-order chi connectivity index (χ0) is 18.9. The third kappa shape index (κ3) is 4.01. The lowest BCUT2D eigenvalue weighted by molar-refractivity contribution is -0.131. The van der Waals surface area contributed by atoms with E-state index in [1.54, 1.807) is 19.1 Å². The van der Waals surface area contributed by atoms with E-state index in [0.29, 0.717) is 5.75 Å². The summed E-state index contributed by atoms with van der Waals surface area (Å²) in [5, 5.41) is 9.46. The number of carbonyl (C=O) groups is 1. The molecule has 2 heterocycles. The molecule has 2 aliphatic heterocycles. The van der Waals surface area contributed by atoms with Gasteiger partial charge in [0.15, 0.2) is 0 Å². The van der Waals surface area contributed by atoms with Gasteiger partial charge in [0, 0.05) is 26.6 Å². The summed E-state index contributed by atoms with van der Waals surface area (Å²) in [6, 6.07) is 16.1. The number of amides is 1. The number of likely N-dealkylation sites (tertiary alicyclic amines) is 1. The van der Waals surface area contributed by atoms with Gasteiger partial charge in [-0.25, -0.2) is 0 Å². The predicted molar refractivity (Wildman–Crippen MR) is 106 cm³/mol. The van der Waals surface area contributed by atoms with E-state index in [4.69, 9.17) is 0 Å². The van der Waals surface area contributed by atoms with E-state index in [2.05, 4.69) is 29.2 Å². The second kappa shape index (κ2) is 7.35. The molecule has 142 valence electrons. The summed E-state index contributed by atoms with van der Waals surface area (Å²) in [6.45, 7) is 6.32. The Labute approximate surface area is 161 Å². The van der Waals surface area contributed by atoms with Crippen molar-refractivity contribution < 1.29 is 9.90 Å². The van der Waals surface area contributed by atoms with Gasteiger partial charge in [-0.2, -0.15) is 0 Å². The van der Waals surface area contributed by atoms with Crippen molar-refractivity contribution in [3.63, 3.8) is 0 Å². The van der Waals surface area contributed by atoms with Crippen LogP contribution >= 0.6 is 0 Å². The Kier molecular flexibility index (Phi) is 4.92. The topological polar surface area (TPSA) is 43.8 Å². The van der Waals surface area contributed by atoms with E-state index < -0.39 is 0 Å². The summed E-state index contributed by atoms with van der Waals surface area (Å²) in [6.07, 6.45) is 3.30. The van der Waals surface area contributed by atoms with E-state index in [1.165, 1.54) is 16.7 Å². The summed E-state index contributed by atoms with van der Waals surface area (Å²) in [7, 11) is 0. The van der Waals surface area contributed by atoms with Gasteiger partial charge in [0.2, 0.25) is 5.91 Å². The minimum absolute atomic E-state index is 0.178. The van der Waals surface area contributed by atoms with Gasteiger partial charge in [-0.05, 0) is 66.6 Å². The van der Waals surface area contributed by atoms with Crippen molar-refractivity contribution in [2.45, 2.75) is 39.3 Å². The quantitative estimate of drug-likeness (QED) is 0.886. The second-order valence-corrected chi connectivity index (χ2v) is 8.26. The number of fused-ring (bicyclic) bond motifs is 1. The maximum absolute atomic E-state index is 12.2. The monoisotopic (exact) mass is 364 g/mol. The van der Waals surface area contributed by atoms with Crippen LogP contribution in [0.25, 0.3) is 0 Å². The molecule has 2 aromatic rings. The molecule has 0 unspecified atom stereocenters. The normalized spacial score (nSPS) is 19.5. The average molecular weight is 364 g/mol. The zero-order valence-corrected chi connectivity index (χ0v) is 16.0. The molecule has 1 amide bonds. The van der Waals surface area contributed by atoms with E-state index in [1.807, 2.05) is 17.0 Å². The first-order valence-electron chi connectivity index (χ1n) is 9.86. The van der Waals surface area contributed by atoms with Gasteiger partial charge in [-0.15, -0.1) is 0 Å². The molecular formula is C23H28N2O2. The molecule has 1 fully saturated rings. The first-order valence-corrected chi connectivity index (χ1v) is 9.86. The number of hydrogen-bond acceptors (Lipinski definition) is 3. The van der Waals surface area contributed by atoms with Crippen molar-refractivity contribution in [2.24, 2.45) is 5.41 Å². The molecule has 0 bridgehead atoms. The van der Waals surface area contributed by atoms with Gasteiger partial charge in [-0.3, -0.25) is 9.69 Å². The Bertz CT molecular complexity index is 807. The predicted octanol–water partition coefficient (Wildman–Crippen LogP) is 3.58. The Morgan fingerprint density at radius 1 is 1.04 bits per heavy atom. The molecule has 4 nitrogen and oxygen atoms in total. The van der Waals surface area contributed by atoms with Gasteiger partial charge < -0.3 is 10.0 Å². The van der Waals surface area contributed by atoms with E-state index in [-0.39, 0.29) is 11.3 Å². The molecule has 4 rings (SSSR count). The van der Waals surface area contributed by atoms with Crippen molar-refractivity contribution in [1.29, 1.82) is 0 Å². The van der Waals surface area contributed by atoms with Crippen LogP contribution in [0.4, 0.5) is 0 Å². The highest BCUT2D eigenvalue weighted by molar-refractivity contribution is 5.73. The van der Waals surface area contributed by atoms with E-state index in [0.717, 1.165) is 52.0 Å². The summed E-state index contributed by atoms with van der Waals surface area (Å²) in [5.41, 5.74) is 4.13. The van der Waals surface area contributed by atoms with Crippen LogP contribution in [0, 0.1) is 5.41 Å². The van der Waals surface area contributed by atoms with E-state index in [9.17, 15) is 9.90 Å². The van der Waals surface area contributed by atoms with Crippen LogP contribution in [0.3, 0.4) is 0 Å². The fourth-order valence-corrected chi connectivity index (χ4v) is 4.61. The fourth-order valence-electron chi connectivity index (χ4n) is 4.61. The smallest absolute Gasteiger partial charge is 0.219 e. The molecule has 0 atom stereocenters. The van der Waals surface area contributed by atoms with Crippen LogP contribution in [0.5, 0.6) is 5.75 Å². The highest BCUT2D eigenvalue weighted by Gasteiger charge is 2.39. The van der Waals surface area contributed by atoms with Gasteiger partial charge in [0.1, 0.15) is 5.75 Å². The third-order valence-corrected chi connectivity index (χ3v) is 6.28. The molecule has 0 saturated carbocycles. The van der Waals surface area contributed by atoms with Gasteiger partial charge in [0.05, 0.1) is 0 Å². The molecule has 1 saturated heterocycles. The Morgan fingerprint density at radius 3 is 2.37 bits per heavy atom. The van der Waals surface area contributed by atoms with Crippen molar-refractivity contribution in [1.82, 2.24) is 9.80 Å². The van der Waals surface area contributed by atoms with Crippen LogP contribution in [-0.2, 0) is 24.3 Å². The first kappa shape index (κ1) is 18.1. The molecule has 0 aromatic heterocycles. The third-order valence-electron chi connectivity index (χ3n) is 6.28. The van der Waals surface area contributed by atoms with Crippen LogP contribution in [0.2, 0.25) is 0 Å². The van der Waals surface area contributed by atoms with Crippen LogP contribution in [-0.4, -0.2) is 40.4 Å². The Hall–Kier alpha value is -2.33. The number of hydrogen-bond donors (Lipinski definition) is 1. The molecule has 0 aliphatic carbocycles. The number of phenols is 1. The lowest BCUT2D eigenvalue weighted by Crippen LogP contribution is -2.46. The molecule has 2 aromatic carbocycles. The van der Waals surface area contributed by atoms with Gasteiger partial charge >= 0.3 is 0 Å². The van der Waals surface area contributed by atoms with Crippen molar-refractivity contribution in [3.05, 3.63) is 65.2 Å². The SMILES string of the molecule is CC(=O)N1Cc2ccccc2CC2(CCN(Cc3ccc(O)cc3)CC2)C1. The standard InChI is InChI=1S/C23H28N2O2/c1-18(26)25-16-21-5-3-2-4-20(21)14-23(17-25)10-12-24(13-11-23)15-19-6-8-22(27)9-7-19/h2-9,27H,10-17H2,1H3. The molecule has 1 spiro atoms. The fraction of sp³-hybridized carbons (Fsp3) is 0.435. The molecule has 27 heavy (non-hydrogen) atoms. The highest BCUT2D eigenvalue weighted by atomic mass is 16.3. The van der Waals surface area contributed by atoms with Crippen molar-refractivity contribution >= 4 is 5.91 Å². The first-order chi connectivity index (χ1) is 13.0. The molecule has 2 aliphatic rings. The minimum Gasteiger partial charge on any atom is -0.508 e. The molecule has 4 heteroatoms. The summed E-state index contributed by atoms with van der Waals surface area (Å²) < 4.78 is 0. The largest absolute Gasteiger partial charge is 0.508 e. The lowest BCUT2D eigenvalue weighted by atomic mass is 9.73. The minimum atomic E-state index is 0.178. The van der Waals surface area contributed by atoms with Crippen molar-refractivity contribution in [3.8, 4) is 5.75 Å². The van der Waals surface area contributed by atoms with Crippen LogP contribution in [0.1, 0.15) is 36.5 Å². The maximum atomic E-state index is 12.2. The number of aromatic hydroxyl groups is 1. The average Bonchev–Trinajstić information content (AvgIpc) is 2.82. The Morgan fingerprint density at radius 2 is 1.70 bits per heavy atom. The second-order valence-electron chi connectivity index (χ2n) is 8.26. The molecular weight excluding hydrogens is 336 g/mol. The van der Waals surface area contributed by atoms with Crippen molar-refractivity contribution in [2.75, 3.05) is 19.6 Å². The molecule has 1 N–H and O–H groups in total. The molecule has 0 radical (unpaired) electrons. The van der Waals surface area contributed by atoms with Crippen LogP contribution in [0.15, 0.2) is 48.5 Å². The summed E-state index contributed by atoms with van der Waals surface area (Å²) in [5.74, 6) is 0.496. The number of rotatable bonds is 2.